The Balaban J connectivity index is 0.00000320. The van der Waals surface area contributed by atoms with E-state index in [9.17, 15) is 4.39 Å². The summed E-state index contributed by atoms with van der Waals surface area (Å²) in [6, 6.07) is 10.8. The second-order valence-electron chi connectivity index (χ2n) is 6.64. The van der Waals surface area contributed by atoms with Gasteiger partial charge in [0.2, 0.25) is 5.88 Å². The maximum Gasteiger partial charge on any atom is 0.218 e. The third-order valence-electron chi connectivity index (χ3n) is 4.80. The van der Waals surface area contributed by atoms with Gasteiger partial charge in [0.15, 0.2) is 5.96 Å². The molecule has 2 aromatic rings. The van der Waals surface area contributed by atoms with E-state index in [0.717, 1.165) is 37.7 Å². The molecule has 1 aliphatic heterocycles. The zero-order valence-electron chi connectivity index (χ0n) is 17.4. The maximum absolute atomic E-state index is 14.0. The quantitative estimate of drug-likeness (QED) is 0.258. The zero-order valence-corrected chi connectivity index (χ0v) is 19.7. The fourth-order valence-corrected chi connectivity index (χ4v) is 3.28. The first-order valence-corrected chi connectivity index (χ1v) is 9.73. The van der Waals surface area contributed by atoms with Gasteiger partial charge in [-0.15, -0.1) is 24.0 Å². The number of aliphatic imine (C=N–C) groups is 1. The lowest BCUT2D eigenvalue weighted by atomic mass is 10.2. The van der Waals surface area contributed by atoms with Crippen molar-refractivity contribution in [3.05, 3.63) is 54.0 Å². The highest BCUT2D eigenvalue weighted by Crippen LogP contribution is 2.20. The van der Waals surface area contributed by atoms with Gasteiger partial charge in [-0.1, -0.05) is 18.2 Å². The molecule has 0 amide bonds. The highest BCUT2D eigenvalue weighted by Gasteiger charge is 2.21. The molecule has 0 unspecified atom stereocenters. The predicted octanol–water partition coefficient (Wildman–Crippen LogP) is 2.76. The number of para-hydroxylation sites is 1. The second-order valence-corrected chi connectivity index (χ2v) is 6.64. The van der Waals surface area contributed by atoms with Crippen LogP contribution in [0.1, 0.15) is 5.56 Å². The monoisotopic (exact) mass is 529 g/mol. The number of rotatable bonds is 7. The molecule has 1 aromatic heterocycles. The molecule has 1 aromatic carbocycles. The van der Waals surface area contributed by atoms with Crippen molar-refractivity contribution in [2.75, 3.05) is 58.5 Å². The summed E-state index contributed by atoms with van der Waals surface area (Å²) in [5.41, 5.74) is 1.61. The summed E-state index contributed by atoms with van der Waals surface area (Å²) in [6.07, 6.45) is 1.71. The van der Waals surface area contributed by atoms with Gasteiger partial charge in [0.1, 0.15) is 12.4 Å². The Labute approximate surface area is 194 Å². The first-order valence-electron chi connectivity index (χ1n) is 9.73. The molecule has 1 saturated heterocycles. The third kappa shape index (κ3) is 6.43. The summed E-state index contributed by atoms with van der Waals surface area (Å²) in [7, 11) is 3.41. The number of pyridine rings is 1. The van der Waals surface area contributed by atoms with Gasteiger partial charge in [-0.2, -0.15) is 0 Å². The maximum atomic E-state index is 14.0. The highest BCUT2D eigenvalue weighted by molar-refractivity contribution is 14.0. The molecule has 2 heterocycles. The van der Waals surface area contributed by atoms with Crippen LogP contribution in [0.3, 0.4) is 0 Å². The summed E-state index contributed by atoms with van der Waals surface area (Å²) >= 11 is 0. The molecule has 1 N–H and O–H groups in total. The van der Waals surface area contributed by atoms with Crippen molar-refractivity contribution in [1.82, 2.24) is 15.2 Å². The van der Waals surface area contributed by atoms with Crippen molar-refractivity contribution >= 4 is 35.6 Å². The Kier molecular flexibility index (Phi) is 10.1. The van der Waals surface area contributed by atoms with Gasteiger partial charge in [0, 0.05) is 58.6 Å². The minimum Gasteiger partial charge on any atom is -0.475 e. The second kappa shape index (κ2) is 12.5. The number of anilines is 1. The molecule has 7 nitrogen and oxygen atoms in total. The van der Waals surface area contributed by atoms with Gasteiger partial charge in [-0.25, -0.2) is 9.37 Å². The van der Waals surface area contributed by atoms with Gasteiger partial charge in [-0.3, -0.25) is 4.99 Å². The van der Waals surface area contributed by atoms with E-state index in [1.165, 1.54) is 6.07 Å². The molecular weight excluding hydrogens is 500 g/mol. The smallest absolute Gasteiger partial charge is 0.218 e. The van der Waals surface area contributed by atoms with E-state index in [1.54, 1.807) is 26.4 Å². The largest absolute Gasteiger partial charge is 0.475 e. The fraction of sp³-hybridized carbons (Fsp3) is 0.429. The van der Waals surface area contributed by atoms with Crippen LogP contribution in [0.5, 0.6) is 5.88 Å². The standard InChI is InChI=1S/C21H28FN5O2.HI/c1-23-21(25-16-17-6-5-9-24-20(17)29-15-14-28-2)27-12-10-26(11-13-27)19-8-4-3-7-18(19)22;/h3-9H,10-16H2,1-2H3,(H,23,25);1H. The van der Waals surface area contributed by atoms with Crippen molar-refractivity contribution < 1.29 is 13.9 Å². The lowest BCUT2D eigenvalue weighted by Gasteiger charge is -2.37. The lowest BCUT2D eigenvalue weighted by Crippen LogP contribution is -2.52. The minimum absolute atomic E-state index is 0. The molecule has 30 heavy (non-hydrogen) atoms. The first-order chi connectivity index (χ1) is 14.2. The van der Waals surface area contributed by atoms with Crippen LogP contribution in [0.4, 0.5) is 10.1 Å². The van der Waals surface area contributed by atoms with Gasteiger partial charge in [-0.05, 0) is 18.2 Å². The molecule has 0 spiro atoms. The number of guanidine groups is 1. The lowest BCUT2D eigenvalue weighted by molar-refractivity contribution is 0.143. The van der Waals surface area contributed by atoms with Crippen LogP contribution >= 0.6 is 24.0 Å². The summed E-state index contributed by atoms with van der Waals surface area (Å²) in [6.45, 7) is 4.51. The van der Waals surface area contributed by atoms with E-state index in [0.29, 0.717) is 31.3 Å². The molecule has 0 atom stereocenters. The molecule has 0 saturated carbocycles. The number of nitrogens with zero attached hydrogens (tertiary/aromatic N) is 4. The van der Waals surface area contributed by atoms with Crippen LogP contribution in [-0.2, 0) is 11.3 Å². The van der Waals surface area contributed by atoms with E-state index >= 15 is 0 Å². The topological polar surface area (TPSA) is 62.2 Å². The number of halogens is 2. The molecule has 0 bridgehead atoms. The fourth-order valence-electron chi connectivity index (χ4n) is 3.28. The van der Waals surface area contributed by atoms with Gasteiger partial charge in [0.05, 0.1) is 12.3 Å². The Morgan fingerprint density at radius 3 is 2.60 bits per heavy atom. The van der Waals surface area contributed by atoms with Crippen molar-refractivity contribution in [2.45, 2.75) is 6.54 Å². The average molecular weight is 529 g/mol. The highest BCUT2D eigenvalue weighted by atomic mass is 127. The molecular formula is C21H29FIN5O2. The molecule has 1 fully saturated rings. The van der Waals surface area contributed by atoms with Crippen LogP contribution in [-0.4, -0.2) is 69.4 Å². The molecule has 9 heteroatoms. The zero-order chi connectivity index (χ0) is 20.5. The first kappa shape index (κ1) is 24.1. The minimum atomic E-state index is -0.180. The molecule has 0 radical (unpaired) electrons. The van der Waals surface area contributed by atoms with Crippen molar-refractivity contribution in [3.8, 4) is 5.88 Å². The molecule has 3 rings (SSSR count). The Morgan fingerprint density at radius 2 is 1.90 bits per heavy atom. The number of hydrogen-bond acceptors (Lipinski definition) is 5. The van der Waals surface area contributed by atoms with E-state index in [4.69, 9.17) is 9.47 Å². The van der Waals surface area contributed by atoms with Crippen LogP contribution in [0.25, 0.3) is 0 Å². The number of aromatic nitrogens is 1. The third-order valence-corrected chi connectivity index (χ3v) is 4.80. The molecule has 164 valence electrons. The Hall–Kier alpha value is -2.14. The number of nitrogens with one attached hydrogen (secondary N) is 1. The Morgan fingerprint density at radius 1 is 1.13 bits per heavy atom. The normalized spacial score (nSPS) is 14.3. The number of hydrogen-bond donors (Lipinski definition) is 1. The predicted molar refractivity (Wildman–Crippen MR) is 127 cm³/mol. The van der Waals surface area contributed by atoms with Crippen molar-refractivity contribution in [1.29, 1.82) is 0 Å². The van der Waals surface area contributed by atoms with Gasteiger partial charge < -0.3 is 24.6 Å². The number of ether oxygens (including phenoxy) is 2. The van der Waals surface area contributed by atoms with Gasteiger partial charge >= 0.3 is 0 Å². The van der Waals surface area contributed by atoms with E-state index in [2.05, 4.69) is 25.1 Å². The van der Waals surface area contributed by atoms with E-state index in [1.807, 2.05) is 24.3 Å². The summed E-state index contributed by atoms with van der Waals surface area (Å²) in [5, 5.41) is 3.38. The van der Waals surface area contributed by atoms with E-state index in [-0.39, 0.29) is 29.8 Å². The van der Waals surface area contributed by atoms with Crippen LogP contribution in [0.15, 0.2) is 47.6 Å². The van der Waals surface area contributed by atoms with Crippen LogP contribution in [0.2, 0.25) is 0 Å². The SMILES string of the molecule is CN=C(NCc1cccnc1OCCOC)N1CCN(c2ccccc2F)CC1.I. The van der Waals surface area contributed by atoms with Crippen LogP contribution in [0, 0.1) is 5.82 Å². The summed E-state index contributed by atoms with van der Waals surface area (Å²) in [5.74, 6) is 1.22. The number of methoxy groups -OCH3 is 1. The van der Waals surface area contributed by atoms with Gasteiger partial charge in [0.25, 0.3) is 0 Å². The number of benzene rings is 1. The summed E-state index contributed by atoms with van der Waals surface area (Å²) < 4.78 is 24.8. The average Bonchev–Trinajstić information content (AvgIpc) is 2.76. The van der Waals surface area contributed by atoms with Crippen LogP contribution < -0.4 is 15.0 Å². The number of piperazine rings is 1. The van der Waals surface area contributed by atoms with Crippen molar-refractivity contribution in [3.63, 3.8) is 0 Å². The molecule has 1 aliphatic rings. The Bertz CT molecular complexity index is 815. The van der Waals surface area contributed by atoms with E-state index < -0.39 is 0 Å². The van der Waals surface area contributed by atoms with Crippen molar-refractivity contribution in [2.24, 2.45) is 4.99 Å². The molecule has 0 aliphatic carbocycles. The summed E-state index contributed by atoms with van der Waals surface area (Å²) in [4.78, 5) is 13.0.